The van der Waals surface area contributed by atoms with Gasteiger partial charge in [-0.1, -0.05) is 27.7 Å². The minimum Gasteiger partial charge on any atom is -0.272 e. The molecule has 1 aliphatic carbocycles. The standard InChI is InChI=1S/C12H20N2/c1-8-6-9(8)11-10(12(2,3)4)7-13-14(11)5/h7-9H,6H2,1-5H3. The van der Waals surface area contributed by atoms with Gasteiger partial charge in [0.05, 0.1) is 6.20 Å². The molecule has 1 fully saturated rings. The average Bonchev–Trinajstić information content (AvgIpc) is 2.58. The van der Waals surface area contributed by atoms with Crippen molar-refractivity contribution >= 4 is 0 Å². The van der Waals surface area contributed by atoms with Crippen LogP contribution in [0.2, 0.25) is 0 Å². The minimum atomic E-state index is 0.228. The SMILES string of the molecule is CC1CC1c1c(C(C)(C)C)cnn1C. The highest BCUT2D eigenvalue weighted by atomic mass is 15.3. The normalized spacial score (nSPS) is 26.6. The molecule has 1 aliphatic rings. The Labute approximate surface area is 86.3 Å². The molecule has 2 atom stereocenters. The molecule has 0 amide bonds. The van der Waals surface area contributed by atoms with Crippen molar-refractivity contribution in [2.75, 3.05) is 0 Å². The van der Waals surface area contributed by atoms with Crippen molar-refractivity contribution in [2.45, 2.75) is 45.4 Å². The van der Waals surface area contributed by atoms with Crippen molar-refractivity contribution < 1.29 is 0 Å². The lowest BCUT2D eigenvalue weighted by Gasteiger charge is -2.19. The molecular formula is C12H20N2. The molecule has 2 rings (SSSR count). The summed E-state index contributed by atoms with van der Waals surface area (Å²) in [5, 5.41) is 4.40. The lowest BCUT2D eigenvalue weighted by atomic mass is 9.86. The first-order valence-corrected chi connectivity index (χ1v) is 5.43. The Balaban J connectivity index is 2.42. The summed E-state index contributed by atoms with van der Waals surface area (Å²) in [5.41, 5.74) is 3.12. The van der Waals surface area contributed by atoms with Crippen molar-refractivity contribution in [2.24, 2.45) is 13.0 Å². The number of rotatable bonds is 1. The molecule has 0 aliphatic heterocycles. The van der Waals surface area contributed by atoms with Gasteiger partial charge in [-0.15, -0.1) is 0 Å². The van der Waals surface area contributed by atoms with E-state index in [-0.39, 0.29) is 5.41 Å². The first-order valence-electron chi connectivity index (χ1n) is 5.43. The second-order valence-electron chi connectivity index (χ2n) is 5.64. The molecule has 1 aromatic rings. The Bertz CT molecular complexity index is 344. The number of hydrogen-bond acceptors (Lipinski definition) is 1. The highest BCUT2D eigenvalue weighted by Gasteiger charge is 2.39. The fourth-order valence-corrected chi connectivity index (χ4v) is 2.17. The van der Waals surface area contributed by atoms with Gasteiger partial charge in [-0.25, -0.2) is 0 Å². The van der Waals surface area contributed by atoms with E-state index in [9.17, 15) is 0 Å². The summed E-state index contributed by atoms with van der Waals surface area (Å²) in [6.07, 6.45) is 3.38. The van der Waals surface area contributed by atoms with Crippen LogP contribution in [0.3, 0.4) is 0 Å². The maximum absolute atomic E-state index is 4.40. The van der Waals surface area contributed by atoms with Gasteiger partial charge in [0, 0.05) is 18.7 Å². The Morgan fingerprint density at radius 3 is 2.43 bits per heavy atom. The van der Waals surface area contributed by atoms with Crippen LogP contribution in [0.1, 0.15) is 51.3 Å². The molecule has 0 N–H and O–H groups in total. The van der Waals surface area contributed by atoms with Crippen LogP contribution < -0.4 is 0 Å². The third-order valence-corrected chi connectivity index (χ3v) is 3.25. The molecule has 78 valence electrons. The Morgan fingerprint density at radius 1 is 1.43 bits per heavy atom. The van der Waals surface area contributed by atoms with Crippen molar-refractivity contribution in [3.8, 4) is 0 Å². The second-order valence-corrected chi connectivity index (χ2v) is 5.64. The van der Waals surface area contributed by atoms with Gasteiger partial charge in [0.25, 0.3) is 0 Å². The molecule has 0 aromatic carbocycles. The van der Waals surface area contributed by atoms with Gasteiger partial charge in [0.1, 0.15) is 0 Å². The maximum atomic E-state index is 4.40. The van der Waals surface area contributed by atoms with Crippen LogP contribution >= 0.6 is 0 Å². The number of aromatic nitrogens is 2. The molecule has 0 spiro atoms. The Morgan fingerprint density at radius 2 is 2.00 bits per heavy atom. The molecule has 1 saturated carbocycles. The maximum Gasteiger partial charge on any atom is 0.0530 e. The molecule has 1 heterocycles. The summed E-state index contributed by atoms with van der Waals surface area (Å²) in [6.45, 7) is 9.12. The Hall–Kier alpha value is -0.790. The molecular weight excluding hydrogens is 172 g/mol. The lowest BCUT2D eigenvalue weighted by molar-refractivity contribution is 0.575. The minimum absolute atomic E-state index is 0.228. The van der Waals surface area contributed by atoms with Gasteiger partial charge in [0.15, 0.2) is 0 Å². The quantitative estimate of drug-likeness (QED) is 0.669. The van der Waals surface area contributed by atoms with E-state index in [0.29, 0.717) is 0 Å². The van der Waals surface area contributed by atoms with Gasteiger partial charge >= 0.3 is 0 Å². The largest absolute Gasteiger partial charge is 0.272 e. The molecule has 14 heavy (non-hydrogen) atoms. The number of nitrogens with zero attached hydrogens (tertiary/aromatic N) is 2. The highest BCUT2D eigenvalue weighted by molar-refractivity contribution is 5.32. The zero-order valence-electron chi connectivity index (χ0n) is 9.83. The van der Waals surface area contributed by atoms with E-state index in [4.69, 9.17) is 0 Å². The smallest absolute Gasteiger partial charge is 0.0530 e. The second kappa shape index (κ2) is 2.85. The topological polar surface area (TPSA) is 17.8 Å². The molecule has 2 nitrogen and oxygen atoms in total. The first kappa shape index (κ1) is 9.75. The molecule has 2 heteroatoms. The average molecular weight is 192 g/mol. The van der Waals surface area contributed by atoms with Crippen molar-refractivity contribution in [1.29, 1.82) is 0 Å². The van der Waals surface area contributed by atoms with Gasteiger partial charge in [-0.2, -0.15) is 5.10 Å². The summed E-state index contributed by atoms with van der Waals surface area (Å²) in [7, 11) is 2.07. The third kappa shape index (κ3) is 1.47. The van der Waals surface area contributed by atoms with Gasteiger partial charge in [0.2, 0.25) is 0 Å². The van der Waals surface area contributed by atoms with Crippen molar-refractivity contribution in [1.82, 2.24) is 9.78 Å². The van der Waals surface area contributed by atoms with Crippen LogP contribution in [-0.2, 0) is 12.5 Å². The lowest BCUT2D eigenvalue weighted by Crippen LogP contribution is -2.13. The van der Waals surface area contributed by atoms with E-state index in [2.05, 4.69) is 44.5 Å². The van der Waals surface area contributed by atoms with E-state index in [1.54, 1.807) is 0 Å². The number of aryl methyl sites for hydroxylation is 1. The van der Waals surface area contributed by atoms with E-state index in [1.807, 2.05) is 6.20 Å². The molecule has 2 unspecified atom stereocenters. The number of hydrogen-bond donors (Lipinski definition) is 0. The Kier molecular flexibility index (Phi) is 1.98. The summed E-state index contributed by atoms with van der Waals surface area (Å²) < 4.78 is 2.06. The fraction of sp³-hybridized carbons (Fsp3) is 0.750. The molecule has 1 aromatic heterocycles. The van der Waals surface area contributed by atoms with Crippen molar-refractivity contribution in [3.05, 3.63) is 17.5 Å². The van der Waals surface area contributed by atoms with E-state index in [1.165, 1.54) is 17.7 Å². The summed E-state index contributed by atoms with van der Waals surface area (Å²) in [5.74, 6) is 1.61. The van der Waals surface area contributed by atoms with Crippen LogP contribution in [0.5, 0.6) is 0 Å². The highest BCUT2D eigenvalue weighted by Crippen LogP contribution is 2.49. The zero-order chi connectivity index (χ0) is 10.5. The summed E-state index contributed by atoms with van der Waals surface area (Å²) >= 11 is 0. The van der Waals surface area contributed by atoms with Gasteiger partial charge in [-0.05, 0) is 23.3 Å². The van der Waals surface area contributed by atoms with Gasteiger partial charge in [-0.3, -0.25) is 4.68 Å². The van der Waals surface area contributed by atoms with E-state index >= 15 is 0 Å². The van der Waals surface area contributed by atoms with Gasteiger partial charge < -0.3 is 0 Å². The molecule has 0 bridgehead atoms. The van der Waals surface area contributed by atoms with Crippen molar-refractivity contribution in [3.63, 3.8) is 0 Å². The predicted molar refractivity (Wildman–Crippen MR) is 58.4 cm³/mol. The van der Waals surface area contributed by atoms with Crippen LogP contribution in [0.15, 0.2) is 6.20 Å². The van der Waals surface area contributed by atoms with E-state index in [0.717, 1.165) is 11.8 Å². The van der Waals surface area contributed by atoms with Crippen LogP contribution in [0.4, 0.5) is 0 Å². The fourth-order valence-electron chi connectivity index (χ4n) is 2.17. The first-order chi connectivity index (χ1) is 6.41. The van der Waals surface area contributed by atoms with E-state index < -0.39 is 0 Å². The van der Waals surface area contributed by atoms with Crippen LogP contribution in [0.25, 0.3) is 0 Å². The van der Waals surface area contributed by atoms with Crippen LogP contribution in [0, 0.1) is 5.92 Å². The summed E-state index contributed by atoms with van der Waals surface area (Å²) in [6, 6.07) is 0. The monoisotopic (exact) mass is 192 g/mol. The molecule has 0 radical (unpaired) electrons. The predicted octanol–water partition coefficient (Wildman–Crippen LogP) is 2.84. The third-order valence-electron chi connectivity index (χ3n) is 3.25. The summed E-state index contributed by atoms with van der Waals surface area (Å²) in [4.78, 5) is 0. The zero-order valence-corrected chi connectivity index (χ0v) is 9.83. The van der Waals surface area contributed by atoms with Crippen LogP contribution in [-0.4, -0.2) is 9.78 Å². The molecule has 0 saturated heterocycles.